The normalized spacial score (nSPS) is 24.1. The van der Waals surface area contributed by atoms with Crippen LogP contribution in [0.2, 0.25) is 0 Å². The van der Waals surface area contributed by atoms with Crippen molar-refractivity contribution < 1.29 is 0 Å². The largest absolute Gasteiger partial charge is 0.299 e. The second-order valence-electron chi connectivity index (χ2n) is 9.34. The average molecular weight is 420 g/mol. The fourth-order valence-electron chi connectivity index (χ4n) is 5.32. The highest BCUT2D eigenvalue weighted by molar-refractivity contribution is 7.18. The number of hydrogen-bond donors (Lipinski definition) is 0. The van der Waals surface area contributed by atoms with Gasteiger partial charge in [0.1, 0.15) is 5.01 Å². The van der Waals surface area contributed by atoms with Gasteiger partial charge in [-0.05, 0) is 82.8 Å². The molecule has 2 aliphatic heterocycles. The van der Waals surface area contributed by atoms with E-state index in [1.807, 2.05) is 11.3 Å². The van der Waals surface area contributed by atoms with Crippen LogP contribution in [-0.4, -0.2) is 46.5 Å². The average Bonchev–Trinajstić information content (AvgIpc) is 3.45. The minimum absolute atomic E-state index is 0.419. The first-order valence-electron chi connectivity index (χ1n) is 11.6. The zero-order chi connectivity index (χ0) is 20.7. The van der Waals surface area contributed by atoms with Gasteiger partial charge in [0.15, 0.2) is 0 Å². The minimum Gasteiger partial charge on any atom is -0.299 e. The summed E-state index contributed by atoms with van der Waals surface area (Å²) in [6, 6.07) is 17.4. The number of rotatable bonds is 5. The van der Waals surface area contributed by atoms with Gasteiger partial charge < -0.3 is 0 Å². The molecule has 1 aromatic heterocycles. The van der Waals surface area contributed by atoms with E-state index >= 15 is 0 Å². The van der Waals surface area contributed by atoms with Crippen molar-refractivity contribution in [1.29, 1.82) is 0 Å². The fraction of sp³-hybridized carbons (Fsp3) is 0.500. The number of likely N-dealkylation sites (tertiary alicyclic amines) is 2. The summed E-state index contributed by atoms with van der Waals surface area (Å²) in [5.41, 5.74) is 5.00. The molecular weight excluding hydrogens is 386 g/mol. The van der Waals surface area contributed by atoms with Crippen molar-refractivity contribution in [3.63, 3.8) is 0 Å². The Morgan fingerprint density at radius 1 is 1.00 bits per heavy atom. The first kappa shape index (κ1) is 20.2. The maximum Gasteiger partial charge on any atom is 0.112 e. The van der Waals surface area contributed by atoms with Gasteiger partial charge in [-0.15, -0.1) is 11.3 Å². The lowest BCUT2D eigenvalue weighted by atomic mass is 10.0. The maximum atomic E-state index is 5.22. The first-order valence-corrected chi connectivity index (χ1v) is 12.4. The number of aryl methyl sites for hydroxylation is 1. The highest BCUT2D eigenvalue weighted by Gasteiger charge is 2.34. The van der Waals surface area contributed by atoms with Gasteiger partial charge in [0.25, 0.3) is 0 Å². The lowest BCUT2D eigenvalue weighted by Crippen LogP contribution is -2.40. The molecule has 0 spiro atoms. The van der Waals surface area contributed by atoms with Crippen molar-refractivity contribution in [2.45, 2.75) is 64.6 Å². The van der Waals surface area contributed by atoms with E-state index in [2.05, 4.69) is 73.0 Å². The molecule has 0 aliphatic carbocycles. The van der Waals surface area contributed by atoms with Crippen molar-refractivity contribution >= 4 is 21.6 Å². The SMILES string of the molecule is Cc1cccc(-c2ccc3sc(C(CN4CCC[C@H]4C)N4CCC[C@H]4C)nc3c2)c1. The minimum atomic E-state index is 0.419. The molecule has 5 rings (SSSR count). The third-order valence-corrected chi connectivity index (χ3v) is 8.28. The lowest BCUT2D eigenvalue weighted by Gasteiger charge is -2.34. The number of benzene rings is 2. The Morgan fingerprint density at radius 3 is 2.53 bits per heavy atom. The Kier molecular flexibility index (Phi) is 5.65. The van der Waals surface area contributed by atoms with Gasteiger partial charge in [-0.3, -0.25) is 9.80 Å². The van der Waals surface area contributed by atoms with Crippen LogP contribution in [-0.2, 0) is 0 Å². The summed E-state index contributed by atoms with van der Waals surface area (Å²) in [6.07, 6.45) is 5.30. The molecule has 3 atom stereocenters. The van der Waals surface area contributed by atoms with E-state index in [9.17, 15) is 0 Å². The molecule has 30 heavy (non-hydrogen) atoms. The fourth-order valence-corrected chi connectivity index (χ4v) is 6.38. The summed E-state index contributed by atoms with van der Waals surface area (Å²) >= 11 is 1.91. The highest BCUT2D eigenvalue weighted by atomic mass is 32.1. The van der Waals surface area contributed by atoms with Gasteiger partial charge in [0.05, 0.1) is 16.3 Å². The van der Waals surface area contributed by atoms with E-state index < -0.39 is 0 Å². The Balaban J connectivity index is 1.49. The number of thiazole rings is 1. The van der Waals surface area contributed by atoms with E-state index in [1.54, 1.807) is 0 Å². The molecule has 0 saturated carbocycles. The van der Waals surface area contributed by atoms with Gasteiger partial charge in [-0.2, -0.15) is 0 Å². The van der Waals surface area contributed by atoms with Gasteiger partial charge in [0, 0.05) is 18.6 Å². The van der Waals surface area contributed by atoms with E-state index in [1.165, 1.54) is 65.2 Å². The Morgan fingerprint density at radius 2 is 1.80 bits per heavy atom. The molecule has 0 bridgehead atoms. The van der Waals surface area contributed by atoms with Crippen molar-refractivity contribution in [3.05, 3.63) is 53.0 Å². The van der Waals surface area contributed by atoms with Gasteiger partial charge in [-0.25, -0.2) is 4.98 Å². The van der Waals surface area contributed by atoms with Crippen LogP contribution in [0.3, 0.4) is 0 Å². The Hall–Kier alpha value is -1.75. The van der Waals surface area contributed by atoms with Crippen LogP contribution in [0.25, 0.3) is 21.3 Å². The van der Waals surface area contributed by atoms with Crippen LogP contribution < -0.4 is 0 Å². The third kappa shape index (κ3) is 3.93. The monoisotopic (exact) mass is 419 g/mol. The molecule has 0 radical (unpaired) electrons. The molecule has 0 amide bonds. The van der Waals surface area contributed by atoms with Crippen LogP contribution in [0.4, 0.5) is 0 Å². The topological polar surface area (TPSA) is 19.4 Å². The lowest BCUT2D eigenvalue weighted by molar-refractivity contribution is 0.129. The predicted molar refractivity (Wildman–Crippen MR) is 128 cm³/mol. The number of hydrogen-bond acceptors (Lipinski definition) is 4. The Labute approximate surface area is 184 Å². The second-order valence-corrected chi connectivity index (χ2v) is 10.4. The zero-order valence-electron chi connectivity index (χ0n) is 18.5. The Bertz CT molecular complexity index is 1030. The first-order chi connectivity index (χ1) is 14.6. The second kappa shape index (κ2) is 8.41. The van der Waals surface area contributed by atoms with Crippen LogP contribution >= 0.6 is 11.3 Å². The van der Waals surface area contributed by atoms with Crippen molar-refractivity contribution in [2.24, 2.45) is 0 Å². The smallest absolute Gasteiger partial charge is 0.112 e. The molecule has 3 nitrogen and oxygen atoms in total. The summed E-state index contributed by atoms with van der Waals surface area (Å²) in [4.78, 5) is 10.6. The molecule has 4 heteroatoms. The maximum absolute atomic E-state index is 5.22. The number of nitrogens with zero attached hydrogens (tertiary/aromatic N) is 3. The highest BCUT2D eigenvalue weighted by Crippen LogP contribution is 2.37. The summed E-state index contributed by atoms with van der Waals surface area (Å²) in [6.45, 7) is 10.5. The van der Waals surface area contributed by atoms with Crippen molar-refractivity contribution in [1.82, 2.24) is 14.8 Å². The van der Waals surface area contributed by atoms with Crippen LogP contribution in [0.15, 0.2) is 42.5 Å². The molecule has 1 unspecified atom stereocenters. The molecule has 2 fully saturated rings. The van der Waals surface area contributed by atoms with E-state index in [0.717, 1.165) is 12.1 Å². The molecular formula is C26H33N3S. The van der Waals surface area contributed by atoms with Crippen LogP contribution in [0, 0.1) is 6.92 Å². The van der Waals surface area contributed by atoms with E-state index in [-0.39, 0.29) is 0 Å². The molecule has 3 aromatic rings. The van der Waals surface area contributed by atoms with Gasteiger partial charge >= 0.3 is 0 Å². The molecule has 2 saturated heterocycles. The molecule has 3 heterocycles. The summed E-state index contributed by atoms with van der Waals surface area (Å²) in [7, 11) is 0. The van der Waals surface area contributed by atoms with E-state index in [0.29, 0.717) is 18.1 Å². The zero-order valence-corrected chi connectivity index (χ0v) is 19.3. The van der Waals surface area contributed by atoms with Crippen molar-refractivity contribution in [2.75, 3.05) is 19.6 Å². The molecule has 2 aromatic carbocycles. The number of fused-ring (bicyclic) bond motifs is 1. The quantitative estimate of drug-likeness (QED) is 0.485. The van der Waals surface area contributed by atoms with E-state index in [4.69, 9.17) is 4.98 Å². The standard InChI is InChI=1S/C26H33N3S/c1-18-7-4-10-21(15-18)22-11-12-25-23(16-22)27-26(30-25)24(29-14-6-9-20(29)3)17-28-13-5-8-19(28)2/h4,7,10-12,15-16,19-20,24H,5-6,8-9,13-14,17H2,1-3H3/t19-,20-,24?/m1/s1. The van der Waals surface area contributed by atoms with Crippen LogP contribution in [0.1, 0.15) is 56.1 Å². The summed E-state index contributed by atoms with van der Waals surface area (Å²) < 4.78 is 1.31. The van der Waals surface area contributed by atoms with Crippen molar-refractivity contribution in [3.8, 4) is 11.1 Å². The predicted octanol–water partition coefficient (Wildman–Crippen LogP) is 6.28. The van der Waals surface area contributed by atoms with Gasteiger partial charge in [0.2, 0.25) is 0 Å². The number of aromatic nitrogens is 1. The third-order valence-electron chi connectivity index (χ3n) is 7.14. The molecule has 158 valence electrons. The summed E-state index contributed by atoms with van der Waals surface area (Å²) in [5, 5.41) is 1.30. The summed E-state index contributed by atoms with van der Waals surface area (Å²) in [5.74, 6) is 0. The van der Waals surface area contributed by atoms with Crippen LogP contribution in [0.5, 0.6) is 0 Å². The molecule has 2 aliphatic rings. The van der Waals surface area contributed by atoms with Gasteiger partial charge in [-0.1, -0.05) is 35.9 Å². The molecule has 0 N–H and O–H groups in total.